The molecule has 32 heavy (non-hydrogen) atoms. The molecule has 0 spiro atoms. The van der Waals surface area contributed by atoms with Crippen molar-refractivity contribution in [1.29, 1.82) is 0 Å². The molecule has 0 aliphatic carbocycles. The van der Waals surface area contributed by atoms with Gasteiger partial charge in [-0.25, -0.2) is 4.79 Å². The first-order chi connectivity index (χ1) is 15.3. The van der Waals surface area contributed by atoms with Crippen LogP contribution in [0.3, 0.4) is 0 Å². The van der Waals surface area contributed by atoms with E-state index in [9.17, 15) is 19.2 Å². The molecule has 10 heteroatoms. The summed E-state index contributed by atoms with van der Waals surface area (Å²) in [5, 5.41) is 6.16. The lowest BCUT2D eigenvalue weighted by Gasteiger charge is -2.24. The molecule has 1 saturated heterocycles. The Kier molecular flexibility index (Phi) is 7.92. The second-order valence-electron chi connectivity index (χ2n) is 7.80. The number of hydrogen-bond donors (Lipinski definition) is 3. The predicted octanol–water partition coefficient (Wildman–Crippen LogP) is 1.23. The molecule has 3 amide bonds. The number of fused-ring (bicyclic) bond motifs is 1. The van der Waals surface area contributed by atoms with Gasteiger partial charge in [0, 0.05) is 29.8 Å². The second kappa shape index (κ2) is 10.6. The van der Waals surface area contributed by atoms with Crippen LogP contribution in [0.1, 0.15) is 24.8 Å². The molecule has 1 aliphatic rings. The highest BCUT2D eigenvalue weighted by Crippen LogP contribution is 2.23. The number of thioether (sulfide) groups is 1. The molecule has 2 heterocycles. The van der Waals surface area contributed by atoms with Crippen LogP contribution in [0.25, 0.3) is 11.0 Å². The first-order valence-electron chi connectivity index (χ1n) is 10.5. The van der Waals surface area contributed by atoms with E-state index in [1.165, 1.54) is 11.0 Å². The summed E-state index contributed by atoms with van der Waals surface area (Å²) in [5.74, 6) is -0.267. The summed E-state index contributed by atoms with van der Waals surface area (Å²) in [6, 6.07) is 5.21. The summed E-state index contributed by atoms with van der Waals surface area (Å²) < 4.78 is 5.22. The molecular formula is C22H28N4O5S. The van der Waals surface area contributed by atoms with Crippen molar-refractivity contribution in [2.75, 3.05) is 30.4 Å². The molecule has 3 rings (SSSR count). The Balaban J connectivity index is 1.61. The van der Waals surface area contributed by atoms with Crippen molar-refractivity contribution in [3.63, 3.8) is 0 Å². The third-order valence-corrected chi connectivity index (χ3v) is 6.12. The van der Waals surface area contributed by atoms with Crippen LogP contribution in [0.5, 0.6) is 0 Å². The van der Waals surface area contributed by atoms with Gasteiger partial charge in [0.1, 0.15) is 11.6 Å². The minimum atomic E-state index is -0.662. The number of carbonyl (C=O) groups is 3. The van der Waals surface area contributed by atoms with Crippen LogP contribution < -0.4 is 22.0 Å². The summed E-state index contributed by atoms with van der Waals surface area (Å²) in [6.45, 7) is 2.06. The summed E-state index contributed by atoms with van der Waals surface area (Å²) in [6.07, 6.45) is 3.68. The zero-order valence-electron chi connectivity index (χ0n) is 18.2. The number of hydrogen-bond acceptors (Lipinski definition) is 7. The van der Waals surface area contributed by atoms with Crippen LogP contribution in [-0.2, 0) is 14.4 Å². The fourth-order valence-electron chi connectivity index (χ4n) is 3.74. The number of anilines is 1. The molecule has 4 N–H and O–H groups in total. The Morgan fingerprint density at radius 1 is 1.31 bits per heavy atom. The molecular weight excluding hydrogens is 432 g/mol. The monoisotopic (exact) mass is 460 g/mol. The fourth-order valence-corrected chi connectivity index (χ4v) is 4.23. The van der Waals surface area contributed by atoms with Crippen molar-refractivity contribution in [2.45, 2.75) is 38.3 Å². The van der Waals surface area contributed by atoms with E-state index in [1.807, 2.05) is 13.2 Å². The van der Waals surface area contributed by atoms with Gasteiger partial charge >= 0.3 is 5.63 Å². The molecule has 2 aromatic rings. The standard InChI is InChI=1S/C22H28N4O5S/c1-13-10-20(28)31-18-11-14(5-6-15(13)18)25-22(30)17-4-3-8-26(17)19(27)12-24-21(29)16(23)7-9-32-2/h5-6,10-11,16-17H,3-4,7-9,12,23H2,1-2H3,(H,24,29)(H,25,30)/t16-,17-/m0/s1. The van der Waals surface area contributed by atoms with E-state index in [0.29, 0.717) is 37.1 Å². The zero-order valence-corrected chi connectivity index (χ0v) is 19.0. The smallest absolute Gasteiger partial charge is 0.336 e. The molecule has 0 bridgehead atoms. The number of nitrogens with zero attached hydrogens (tertiary/aromatic N) is 1. The largest absolute Gasteiger partial charge is 0.423 e. The third kappa shape index (κ3) is 5.68. The first-order valence-corrected chi connectivity index (χ1v) is 11.9. The number of nitrogens with one attached hydrogen (secondary N) is 2. The third-order valence-electron chi connectivity index (χ3n) is 5.48. The van der Waals surface area contributed by atoms with Gasteiger partial charge in [-0.2, -0.15) is 11.8 Å². The lowest BCUT2D eigenvalue weighted by molar-refractivity contribution is -0.137. The van der Waals surface area contributed by atoms with Gasteiger partial charge in [0.25, 0.3) is 0 Å². The molecule has 0 saturated carbocycles. The number of nitrogens with two attached hydrogens (primary N) is 1. The number of rotatable bonds is 8. The Bertz CT molecular complexity index is 1070. The van der Waals surface area contributed by atoms with E-state index >= 15 is 0 Å². The van der Waals surface area contributed by atoms with Gasteiger partial charge in [0.2, 0.25) is 17.7 Å². The second-order valence-corrected chi connectivity index (χ2v) is 8.79. The fraction of sp³-hybridized carbons (Fsp3) is 0.455. The zero-order chi connectivity index (χ0) is 23.3. The van der Waals surface area contributed by atoms with Gasteiger partial charge in [0.15, 0.2) is 0 Å². The van der Waals surface area contributed by atoms with Crippen molar-refractivity contribution in [3.8, 4) is 0 Å². The van der Waals surface area contributed by atoms with Crippen LogP contribution in [0.2, 0.25) is 0 Å². The van der Waals surface area contributed by atoms with Crippen LogP contribution in [0.4, 0.5) is 5.69 Å². The number of carbonyl (C=O) groups excluding carboxylic acids is 3. The number of likely N-dealkylation sites (tertiary alicyclic amines) is 1. The van der Waals surface area contributed by atoms with Crippen molar-refractivity contribution in [3.05, 3.63) is 40.2 Å². The predicted molar refractivity (Wildman–Crippen MR) is 125 cm³/mol. The average Bonchev–Trinajstić information content (AvgIpc) is 3.25. The maximum atomic E-state index is 12.9. The lowest BCUT2D eigenvalue weighted by atomic mass is 10.1. The van der Waals surface area contributed by atoms with Gasteiger partial charge in [-0.3, -0.25) is 14.4 Å². The van der Waals surface area contributed by atoms with E-state index in [4.69, 9.17) is 10.2 Å². The highest BCUT2D eigenvalue weighted by Gasteiger charge is 2.34. The van der Waals surface area contributed by atoms with Gasteiger partial charge < -0.3 is 25.7 Å². The van der Waals surface area contributed by atoms with Crippen LogP contribution in [-0.4, -0.2) is 59.8 Å². The Morgan fingerprint density at radius 3 is 2.84 bits per heavy atom. The van der Waals surface area contributed by atoms with Gasteiger partial charge in [-0.15, -0.1) is 0 Å². The van der Waals surface area contributed by atoms with Crippen molar-refractivity contribution < 1.29 is 18.8 Å². The molecule has 1 fully saturated rings. The summed E-state index contributed by atoms with van der Waals surface area (Å²) in [5.41, 5.74) is 7.01. The molecule has 1 aliphatic heterocycles. The number of aryl methyl sites for hydroxylation is 1. The van der Waals surface area contributed by atoms with E-state index < -0.39 is 17.7 Å². The van der Waals surface area contributed by atoms with Crippen LogP contribution >= 0.6 is 11.8 Å². The maximum absolute atomic E-state index is 12.9. The number of benzene rings is 1. The maximum Gasteiger partial charge on any atom is 0.336 e. The Labute approximate surface area is 190 Å². The summed E-state index contributed by atoms with van der Waals surface area (Å²) >= 11 is 1.60. The van der Waals surface area contributed by atoms with E-state index in [2.05, 4.69) is 10.6 Å². The highest BCUT2D eigenvalue weighted by molar-refractivity contribution is 7.98. The van der Waals surface area contributed by atoms with Gasteiger partial charge in [-0.05, 0) is 55.9 Å². The van der Waals surface area contributed by atoms with Gasteiger partial charge in [-0.1, -0.05) is 0 Å². The first kappa shape index (κ1) is 23.8. The molecule has 1 aromatic heterocycles. The molecule has 9 nitrogen and oxygen atoms in total. The molecule has 172 valence electrons. The van der Waals surface area contributed by atoms with E-state index in [1.54, 1.807) is 30.0 Å². The Morgan fingerprint density at radius 2 is 2.09 bits per heavy atom. The van der Waals surface area contributed by atoms with Crippen molar-refractivity contribution in [1.82, 2.24) is 10.2 Å². The molecule has 1 aromatic carbocycles. The minimum absolute atomic E-state index is 0.198. The summed E-state index contributed by atoms with van der Waals surface area (Å²) in [7, 11) is 0. The van der Waals surface area contributed by atoms with Crippen molar-refractivity contribution >= 4 is 46.1 Å². The Hall–Kier alpha value is -2.85. The lowest BCUT2D eigenvalue weighted by Crippen LogP contribution is -2.49. The molecule has 2 atom stereocenters. The van der Waals surface area contributed by atoms with E-state index in [-0.39, 0.29) is 24.3 Å². The normalized spacial score (nSPS) is 16.7. The van der Waals surface area contributed by atoms with Crippen LogP contribution in [0, 0.1) is 6.92 Å². The minimum Gasteiger partial charge on any atom is -0.423 e. The van der Waals surface area contributed by atoms with Gasteiger partial charge in [0.05, 0.1) is 12.6 Å². The highest BCUT2D eigenvalue weighted by atomic mass is 32.2. The van der Waals surface area contributed by atoms with Crippen molar-refractivity contribution in [2.24, 2.45) is 5.73 Å². The topological polar surface area (TPSA) is 135 Å². The number of amides is 3. The van der Waals surface area contributed by atoms with Crippen LogP contribution in [0.15, 0.2) is 33.5 Å². The molecule has 0 radical (unpaired) electrons. The summed E-state index contributed by atoms with van der Waals surface area (Å²) in [4.78, 5) is 50.7. The molecule has 0 unspecified atom stereocenters. The quantitative estimate of drug-likeness (QED) is 0.504. The SMILES string of the molecule is CSCC[C@H](N)C(=O)NCC(=O)N1CCC[C@H]1C(=O)Nc1ccc2c(C)cc(=O)oc2c1. The van der Waals surface area contributed by atoms with E-state index in [0.717, 1.165) is 16.7 Å². The average molecular weight is 461 g/mol.